The molecule has 2 fully saturated rings. The molecule has 2 N–H and O–H groups in total. The van der Waals surface area contributed by atoms with Gasteiger partial charge in [-0.25, -0.2) is 0 Å². The van der Waals surface area contributed by atoms with Crippen molar-refractivity contribution in [2.24, 2.45) is 4.99 Å². The molecule has 0 amide bonds. The van der Waals surface area contributed by atoms with Crippen LogP contribution in [0.3, 0.4) is 0 Å². The Kier molecular flexibility index (Phi) is 6.92. The maximum Gasteiger partial charge on any atom is 0.191 e. The second-order valence-electron chi connectivity index (χ2n) is 7.79. The van der Waals surface area contributed by atoms with Crippen LogP contribution in [0, 0.1) is 0 Å². The lowest BCUT2D eigenvalue weighted by Gasteiger charge is -2.27. The van der Waals surface area contributed by atoms with Crippen LogP contribution in [-0.2, 0) is 17.8 Å². The summed E-state index contributed by atoms with van der Waals surface area (Å²) in [6.07, 6.45) is 6.30. The van der Waals surface area contributed by atoms with Gasteiger partial charge in [-0.1, -0.05) is 30.7 Å². The summed E-state index contributed by atoms with van der Waals surface area (Å²) in [4.78, 5) is 6.95. The van der Waals surface area contributed by atoms with E-state index in [-0.39, 0.29) is 5.60 Å². The zero-order valence-corrected chi connectivity index (χ0v) is 16.4. The van der Waals surface area contributed by atoms with E-state index in [9.17, 15) is 0 Å². The molecule has 26 heavy (non-hydrogen) atoms. The van der Waals surface area contributed by atoms with Crippen molar-refractivity contribution in [2.75, 3.05) is 33.3 Å². The van der Waals surface area contributed by atoms with Crippen LogP contribution in [0.2, 0.25) is 0 Å². The maximum absolute atomic E-state index is 5.85. The molecule has 0 aliphatic carbocycles. The summed E-state index contributed by atoms with van der Waals surface area (Å²) in [7, 11) is 1.83. The first kappa shape index (κ1) is 19.2. The number of hydrogen-bond donors (Lipinski definition) is 2. The highest BCUT2D eigenvalue weighted by Crippen LogP contribution is 2.23. The summed E-state index contributed by atoms with van der Waals surface area (Å²) in [5.41, 5.74) is 2.71. The highest BCUT2D eigenvalue weighted by molar-refractivity contribution is 5.79. The fourth-order valence-electron chi connectivity index (χ4n) is 3.89. The molecule has 5 nitrogen and oxygen atoms in total. The lowest BCUT2D eigenvalue weighted by Crippen LogP contribution is -2.45. The number of rotatable bonds is 6. The first-order chi connectivity index (χ1) is 12.7. The highest BCUT2D eigenvalue weighted by Gasteiger charge is 2.29. The van der Waals surface area contributed by atoms with Crippen LogP contribution in [0.4, 0.5) is 0 Å². The quantitative estimate of drug-likeness (QED) is 0.606. The number of nitrogens with zero attached hydrogens (tertiary/aromatic N) is 2. The number of aliphatic imine (C=N–C) groups is 1. The summed E-state index contributed by atoms with van der Waals surface area (Å²) in [5.74, 6) is 0.842. The minimum Gasteiger partial charge on any atom is -0.373 e. The normalized spacial score (nSPS) is 24.6. The van der Waals surface area contributed by atoms with Crippen LogP contribution < -0.4 is 10.6 Å². The van der Waals surface area contributed by atoms with E-state index in [2.05, 4.69) is 51.7 Å². The van der Waals surface area contributed by atoms with Crippen LogP contribution in [-0.4, -0.2) is 49.7 Å². The van der Waals surface area contributed by atoms with Crippen LogP contribution >= 0.6 is 0 Å². The van der Waals surface area contributed by atoms with Gasteiger partial charge >= 0.3 is 0 Å². The van der Waals surface area contributed by atoms with Crippen LogP contribution in [0.5, 0.6) is 0 Å². The molecule has 0 radical (unpaired) electrons. The third-order valence-corrected chi connectivity index (χ3v) is 5.56. The largest absolute Gasteiger partial charge is 0.373 e. The topological polar surface area (TPSA) is 48.9 Å². The Labute approximate surface area is 158 Å². The fraction of sp³-hybridized carbons (Fsp3) is 0.667. The number of nitrogens with one attached hydrogen (secondary N) is 2. The second kappa shape index (κ2) is 9.38. The molecule has 1 aromatic rings. The monoisotopic (exact) mass is 358 g/mol. The summed E-state index contributed by atoms with van der Waals surface area (Å²) in [6.45, 7) is 8.13. The Balaban J connectivity index is 1.52. The molecule has 2 aliphatic rings. The Morgan fingerprint density at radius 3 is 2.58 bits per heavy atom. The molecule has 1 aromatic carbocycles. The van der Waals surface area contributed by atoms with Crippen LogP contribution in [0.1, 0.15) is 50.2 Å². The first-order valence-electron chi connectivity index (χ1n) is 10.1. The molecule has 0 aromatic heterocycles. The van der Waals surface area contributed by atoms with E-state index in [0.717, 1.165) is 45.0 Å². The van der Waals surface area contributed by atoms with E-state index in [1.54, 1.807) is 0 Å². The zero-order valence-electron chi connectivity index (χ0n) is 16.4. The van der Waals surface area contributed by atoms with Crippen molar-refractivity contribution < 1.29 is 4.74 Å². The number of ether oxygens (including phenoxy) is 1. The summed E-state index contributed by atoms with van der Waals surface area (Å²) >= 11 is 0. The predicted molar refractivity (Wildman–Crippen MR) is 107 cm³/mol. The SMILES string of the molecule is CN=C(NCc1ccccc1CN1CCCCC1)NCC1(C)CCCO1. The highest BCUT2D eigenvalue weighted by atomic mass is 16.5. The third-order valence-electron chi connectivity index (χ3n) is 5.56. The predicted octanol–water partition coefficient (Wildman–Crippen LogP) is 2.91. The van der Waals surface area contributed by atoms with Gasteiger partial charge in [0.2, 0.25) is 0 Å². The third kappa shape index (κ3) is 5.45. The fourth-order valence-corrected chi connectivity index (χ4v) is 3.89. The molecule has 1 atom stereocenters. The molecule has 2 aliphatic heterocycles. The van der Waals surface area contributed by atoms with Crippen LogP contribution in [0.15, 0.2) is 29.3 Å². The Hall–Kier alpha value is -1.59. The molecule has 2 saturated heterocycles. The van der Waals surface area contributed by atoms with Gasteiger partial charge in [0.15, 0.2) is 5.96 Å². The number of likely N-dealkylation sites (tertiary alicyclic amines) is 1. The second-order valence-corrected chi connectivity index (χ2v) is 7.79. The van der Waals surface area contributed by atoms with Crippen molar-refractivity contribution in [3.8, 4) is 0 Å². The lowest BCUT2D eigenvalue weighted by molar-refractivity contribution is 0.0243. The lowest BCUT2D eigenvalue weighted by atomic mass is 10.0. The summed E-state index contributed by atoms with van der Waals surface area (Å²) in [6, 6.07) is 8.75. The van der Waals surface area contributed by atoms with E-state index in [1.807, 2.05) is 7.05 Å². The molecule has 3 rings (SSSR count). The molecule has 2 heterocycles. The molecular weight excluding hydrogens is 324 g/mol. The van der Waals surface area contributed by atoms with Gasteiger partial charge in [-0.2, -0.15) is 0 Å². The van der Waals surface area contributed by atoms with E-state index in [0.29, 0.717) is 0 Å². The molecule has 0 bridgehead atoms. The average Bonchev–Trinajstić information content (AvgIpc) is 3.11. The van der Waals surface area contributed by atoms with Crippen molar-refractivity contribution in [1.29, 1.82) is 0 Å². The van der Waals surface area contributed by atoms with E-state index in [4.69, 9.17) is 4.74 Å². The van der Waals surface area contributed by atoms with Crippen molar-refractivity contribution in [1.82, 2.24) is 15.5 Å². The van der Waals surface area contributed by atoms with Gasteiger partial charge in [0, 0.05) is 33.3 Å². The van der Waals surface area contributed by atoms with Gasteiger partial charge in [0.05, 0.1) is 5.60 Å². The summed E-state index contributed by atoms with van der Waals surface area (Å²) in [5, 5.41) is 6.90. The number of hydrogen-bond acceptors (Lipinski definition) is 3. The van der Waals surface area contributed by atoms with Gasteiger partial charge in [-0.15, -0.1) is 0 Å². The first-order valence-corrected chi connectivity index (χ1v) is 10.1. The number of piperidine rings is 1. The smallest absolute Gasteiger partial charge is 0.191 e. The van der Waals surface area contributed by atoms with Crippen molar-refractivity contribution in [3.05, 3.63) is 35.4 Å². The Morgan fingerprint density at radius 2 is 1.88 bits per heavy atom. The van der Waals surface area contributed by atoms with Gasteiger partial charge < -0.3 is 15.4 Å². The van der Waals surface area contributed by atoms with E-state index >= 15 is 0 Å². The minimum absolute atomic E-state index is 0.0657. The molecule has 1 unspecified atom stereocenters. The van der Waals surface area contributed by atoms with Crippen LogP contribution in [0.25, 0.3) is 0 Å². The van der Waals surface area contributed by atoms with Gasteiger partial charge in [-0.3, -0.25) is 9.89 Å². The standard InChI is InChI=1S/C21H34N4O/c1-21(11-8-14-26-21)17-24-20(22-2)23-15-18-9-4-5-10-19(18)16-25-12-6-3-7-13-25/h4-5,9-10H,3,6-8,11-17H2,1-2H3,(H2,22,23,24). The maximum atomic E-state index is 5.85. The Morgan fingerprint density at radius 1 is 1.12 bits per heavy atom. The average molecular weight is 359 g/mol. The molecular formula is C21H34N4O. The van der Waals surface area contributed by atoms with Gasteiger partial charge in [0.25, 0.3) is 0 Å². The van der Waals surface area contributed by atoms with E-state index < -0.39 is 0 Å². The van der Waals surface area contributed by atoms with Gasteiger partial charge in [0.1, 0.15) is 0 Å². The van der Waals surface area contributed by atoms with Crippen molar-refractivity contribution >= 4 is 5.96 Å². The Bertz CT molecular complexity index is 589. The molecule has 5 heteroatoms. The van der Waals surface area contributed by atoms with Gasteiger partial charge in [-0.05, 0) is 56.8 Å². The van der Waals surface area contributed by atoms with Crippen molar-refractivity contribution in [2.45, 2.75) is 57.7 Å². The number of benzene rings is 1. The number of guanidine groups is 1. The van der Waals surface area contributed by atoms with E-state index in [1.165, 1.54) is 43.5 Å². The van der Waals surface area contributed by atoms with Crippen molar-refractivity contribution in [3.63, 3.8) is 0 Å². The molecule has 144 valence electrons. The molecule has 0 saturated carbocycles. The minimum atomic E-state index is -0.0657. The molecule has 0 spiro atoms. The zero-order chi connectivity index (χ0) is 18.2. The summed E-state index contributed by atoms with van der Waals surface area (Å²) < 4.78 is 5.85.